The summed E-state index contributed by atoms with van der Waals surface area (Å²) in [6.45, 7) is 0. The average Bonchev–Trinajstić information content (AvgIpc) is 2.47. The first-order chi connectivity index (χ1) is 10.1. The van der Waals surface area contributed by atoms with Gasteiger partial charge in [0.25, 0.3) is 10.1 Å². The van der Waals surface area contributed by atoms with Crippen molar-refractivity contribution in [1.29, 1.82) is 0 Å². The third-order valence-corrected chi connectivity index (χ3v) is 7.41. The summed E-state index contributed by atoms with van der Waals surface area (Å²) in [6, 6.07) is 1.10. The Morgan fingerprint density at radius 2 is 1.43 bits per heavy atom. The predicted molar refractivity (Wildman–Crippen MR) is 83.8 cm³/mol. The normalized spacial score (nSPS) is 38.9. The van der Waals surface area contributed by atoms with Gasteiger partial charge in [-0.15, -0.1) is 0 Å². The summed E-state index contributed by atoms with van der Waals surface area (Å²) in [6.07, 6.45) is 12.5. The molecule has 0 bridgehead atoms. The molecule has 0 radical (unpaired) electrons. The van der Waals surface area contributed by atoms with Crippen molar-refractivity contribution in [3.63, 3.8) is 0 Å². The summed E-state index contributed by atoms with van der Waals surface area (Å²) in [5.74, 6) is 0.616. The lowest BCUT2D eigenvalue weighted by atomic mass is 9.68. The molecule has 4 atom stereocenters. The van der Waals surface area contributed by atoms with Crippen molar-refractivity contribution in [2.45, 2.75) is 88.0 Å². The second kappa shape index (κ2) is 6.55. The fourth-order valence-electron chi connectivity index (χ4n) is 5.09. The number of hydrogen-bond acceptors (Lipinski definition) is 3. The second-order valence-electron chi connectivity index (χ2n) is 7.35. The molecule has 0 heterocycles. The van der Waals surface area contributed by atoms with E-state index < -0.39 is 15.4 Å². The highest BCUT2D eigenvalue weighted by Crippen LogP contribution is 2.43. The van der Waals surface area contributed by atoms with Crippen LogP contribution in [0.2, 0.25) is 0 Å². The van der Waals surface area contributed by atoms with Crippen molar-refractivity contribution in [2.24, 2.45) is 11.8 Å². The van der Waals surface area contributed by atoms with Gasteiger partial charge < -0.3 is 5.32 Å². The Morgan fingerprint density at radius 3 is 2.14 bits per heavy atom. The van der Waals surface area contributed by atoms with Crippen LogP contribution in [0.15, 0.2) is 0 Å². The maximum atomic E-state index is 11.7. The molecule has 3 aliphatic rings. The minimum Gasteiger partial charge on any atom is -0.311 e. The summed E-state index contributed by atoms with van der Waals surface area (Å²) >= 11 is 0. The Balaban J connectivity index is 1.68. The Bertz CT molecular complexity index is 444. The second-order valence-corrected chi connectivity index (χ2v) is 8.99. The van der Waals surface area contributed by atoms with Gasteiger partial charge in [-0.2, -0.15) is 8.42 Å². The van der Waals surface area contributed by atoms with Crippen LogP contribution in [0, 0.1) is 11.8 Å². The molecule has 3 aliphatic carbocycles. The molecular weight excluding hydrogens is 286 g/mol. The fraction of sp³-hybridized carbons (Fsp3) is 1.00. The molecule has 0 saturated heterocycles. The highest BCUT2D eigenvalue weighted by molar-refractivity contribution is 7.86. The molecule has 2 N–H and O–H groups in total. The average molecular weight is 315 g/mol. The molecular formula is C16H29NO3S. The van der Waals surface area contributed by atoms with Gasteiger partial charge in [-0.3, -0.25) is 4.55 Å². The van der Waals surface area contributed by atoms with Gasteiger partial charge in [0.1, 0.15) is 0 Å². The predicted octanol–water partition coefficient (Wildman–Crippen LogP) is 3.13. The smallest absolute Gasteiger partial charge is 0.268 e. The number of hydrogen-bond donors (Lipinski definition) is 2. The number of rotatable bonds is 3. The molecule has 4 unspecified atom stereocenters. The highest BCUT2D eigenvalue weighted by Gasteiger charge is 2.45. The summed E-state index contributed by atoms with van der Waals surface area (Å²) < 4.78 is 32.9. The molecule has 3 fully saturated rings. The Labute approximate surface area is 128 Å². The van der Waals surface area contributed by atoms with Crippen molar-refractivity contribution in [2.75, 3.05) is 0 Å². The third-order valence-electron chi connectivity index (χ3n) is 6.06. The first-order valence-corrected chi connectivity index (χ1v) is 10.3. The lowest BCUT2D eigenvalue weighted by molar-refractivity contribution is 0.113. The summed E-state index contributed by atoms with van der Waals surface area (Å²) in [5, 5.41) is 3.35. The van der Waals surface area contributed by atoms with Crippen LogP contribution in [0.1, 0.15) is 70.6 Å². The van der Waals surface area contributed by atoms with Gasteiger partial charge in [-0.05, 0) is 50.4 Å². The van der Waals surface area contributed by atoms with Crippen molar-refractivity contribution in [3.05, 3.63) is 0 Å². The van der Waals surface area contributed by atoms with Crippen molar-refractivity contribution in [3.8, 4) is 0 Å². The molecule has 122 valence electrons. The van der Waals surface area contributed by atoms with E-state index >= 15 is 0 Å². The SMILES string of the molecule is O=S(=O)(O)C1CCCC2C(NC3CCCCC3)CCCC21. The van der Waals surface area contributed by atoms with Crippen LogP contribution < -0.4 is 5.32 Å². The lowest BCUT2D eigenvalue weighted by Crippen LogP contribution is -2.52. The number of nitrogens with one attached hydrogen (secondary N) is 1. The summed E-state index contributed by atoms with van der Waals surface area (Å²) in [4.78, 5) is 0. The molecule has 3 saturated carbocycles. The monoisotopic (exact) mass is 315 g/mol. The largest absolute Gasteiger partial charge is 0.311 e. The molecule has 5 heteroatoms. The maximum Gasteiger partial charge on any atom is 0.268 e. The minimum absolute atomic E-state index is 0.170. The summed E-state index contributed by atoms with van der Waals surface area (Å²) in [7, 11) is -3.88. The Hall–Kier alpha value is -0.130. The van der Waals surface area contributed by atoms with Crippen molar-refractivity contribution >= 4 is 10.1 Å². The molecule has 3 rings (SSSR count). The van der Waals surface area contributed by atoms with Crippen molar-refractivity contribution < 1.29 is 13.0 Å². The van der Waals surface area contributed by atoms with Crippen LogP contribution in [0.3, 0.4) is 0 Å². The van der Waals surface area contributed by atoms with Crippen LogP contribution in [-0.4, -0.2) is 30.3 Å². The molecule has 0 aromatic heterocycles. The summed E-state index contributed by atoms with van der Waals surface area (Å²) in [5.41, 5.74) is 0. The zero-order valence-corrected chi connectivity index (χ0v) is 13.7. The molecule has 4 nitrogen and oxygen atoms in total. The fourth-order valence-corrected chi connectivity index (χ4v) is 6.34. The zero-order chi connectivity index (χ0) is 14.9. The van der Waals surface area contributed by atoms with Crippen LogP contribution >= 0.6 is 0 Å². The van der Waals surface area contributed by atoms with Gasteiger partial charge in [0.2, 0.25) is 0 Å². The van der Waals surface area contributed by atoms with Gasteiger partial charge in [0.15, 0.2) is 0 Å². The minimum atomic E-state index is -3.88. The van der Waals surface area contributed by atoms with E-state index in [1.165, 1.54) is 38.5 Å². The number of fused-ring (bicyclic) bond motifs is 1. The van der Waals surface area contributed by atoms with E-state index in [9.17, 15) is 13.0 Å². The third kappa shape index (κ3) is 3.62. The quantitative estimate of drug-likeness (QED) is 0.785. The van der Waals surface area contributed by atoms with E-state index in [1.54, 1.807) is 0 Å². The lowest BCUT2D eigenvalue weighted by Gasteiger charge is -2.46. The molecule has 0 aliphatic heterocycles. The van der Waals surface area contributed by atoms with Gasteiger partial charge in [0.05, 0.1) is 5.25 Å². The molecule has 0 spiro atoms. The molecule has 0 aromatic carbocycles. The molecule has 21 heavy (non-hydrogen) atoms. The van der Waals surface area contributed by atoms with Gasteiger partial charge in [-0.1, -0.05) is 32.1 Å². The van der Waals surface area contributed by atoms with E-state index in [-0.39, 0.29) is 5.92 Å². The van der Waals surface area contributed by atoms with Gasteiger partial charge >= 0.3 is 0 Å². The van der Waals surface area contributed by atoms with Crippen LogP contribution in [0.5, 0.6) is 0 Å². The zero-order valence-electron chi connectivity index (χ0n) is 12.8. The first-order valence-electron chi connectivity index (χ1n) is 8.78. The van der Waals surface area contributed by atoms with Gasteiger partial charge in [-0.25, -0.2) is 0 Å². The maximum absolute atomic E-state index is 11.7. The van der Waals surface area contributed by atoms with E-state index in [2.05, 4.69) is 5.32 Å². The van der Waals surface area contributed by atoms with Crippen molar-refractivity contribution in [1.82, 2.24) is 5.32 Å². The molecule has 0 aromatic rings. The Kier molecular flexibility index (Phi) is 4.91. The van der Waals surface area contributed by atoms with E-state index in [0.29, 0.717) is 24.4 Å². The standard InChI is InChI=1S/C16H29NO3S/c18-21(19,20)16-11-5-8-13-14(16)9-4-10-15(13)17-12-6-2-1-3-7-12/h12-17H,1-11H2,(H,18,19,20). The van der Waals surface area contributed by atoms with E-state index in [0.717, 1.165) is 25.7 Å². The topological polar surface area (TPSA) is 66.4 Å². The van der Waals surface area contributed by atoms with Crippen LogP contribution in [0.4, 0.5) is 0 Å². The Morgan fingerprint density at radius 1 is 0.762 bits per heavy atom. The van der Waals surface area contributed by atoms with Gasteiger partial charge in [0, 0.05) is 12.1 Å². The molecule has 0 amide bonds. The first kappa shape index (κ1) is 15.8. The van der Waals surface area contributed by atoms with Crippen LogP contribution in [0.25, 0.3) is 0 Å². The van der Waals surface area contributed by atoms with Crippen LogP contribution in [-0.2, 0) is 10.1 Å². The van der Waals surface area contributed by atoms with E-state index in [4.69, 9.17) is 0 Å². The highest BCUT2D eigenvalue weighted by atomic mass is 32.2. The van der Waals surface area contributed by atoms with E-state index in [1.807, 2.05) is 0 Å².